The third-order valence-electron chi connectivity index (χ3n) is 3.84. The van der Waals surface area contributed by atoms with Gasteiger partial charge in [-0.3, -0.25) is 4.31 Å². The molecular formula is C16H15ClN2O4S2. The molecule has 0 atom stereocenters. The Morgan fingerprint density at radius 2 is 1.72 bits per heavy atom. The number of rotatable bonds is 4. The van der Waals surface area contributed by atoms with Gasteiger partial charge in [-0.1, -0.05) is 23.7 Å². The first-order valence-electron chi connectivity index (χ1n) is 7.29. The van der Waals surface area contributed by atoms with Gasteiger partial charge in [0, 0.05) is 11.6 Å². The van der Waals surface area contributed by atoms with Crippen LogP contribution in [0.1, 0.15) is 11.1 Å². The Morgan fingerprint density at radius 3 is 2.36 bits per heavy atom. The molecule has 9 heteroatoms. The van der Waals surface area contributed by atoms with Crippen molar-refractivity contribution in [3.8, 4) is 0 Å². The highest BCUT2D eigenvalue weighted by atomic mass is 35.5. The predicted molar refractivity (Wildman–Crippen MR) is 98.3 cm³/mol. The van der Waals surface area contributed by atoms with Gasteiger partial charge in [0.15, 0.2) is 0 Å². The Labute approximate surface area is 151 Å². The molecule has 0 unspecified atom stereocenters. The normalized spacial score (nSPS) is 14.9. The second-order valence-corrected chi connectivity index (χ2v) is 9.30. The van der Waals surface area contributed by atoms with Crippen LogP contribution in [0.2, 0.25) is 5.02 Å². The number of anilines is 1. The van der Waals surface area contributed by atoms with Gasteiger partial charge < -0.3 is 0 Å². The maximum atomic E-state index is 12.6. The van der Waals surface area contributed by atoms with Gasteiger partial charge in [-0.2, -0.15) is 0 Å². The molecule has 2 N–H and O–H groups in total. The van der Waals surface area contributed by atoms with Crippen molar-refractivity contribution in [1.82, 2.24) is 0 Å². The van der Waals surface area contributed by atoms with Crippen molar-refractivity contribution >= 4 is 43.4 Å². The number of nitrogens with two attached hydrogens (primary N) is 1. The Kier molecular flexibility index (Phi) is 4.63. The zero-order chi connectivity index (χ0) is 18.2. The molecule has 3 rings (SSSR count). The smallest absolute Gasteiger partial charge is 0.257 e. The lowest BCUT2D eigenvalue weighted by Crippen LogP contribution is -2.26. The molecule has 2 aromatic rings. The molecule has 0 spiro atoms. The molecule has 6 nitrogen and oxygen atoms in total. The summed E-state index contributed by atoms with van der Waals surface area (Å²) in [6.07, 6.45) is 1.91. The van der Waals surface area contributed by atoms with Crippen LogP contribution in [0, 0.1) is 0 Å². The Balaban J connectivity index is 1.90. The number of hydrogen-bond acceptors (Lipinski definition) is 4. The molecule has 0 radical (unpaired) electrons. The van der Waals surface area contributed by atoms with Gasteiger partial charge in [-0.15, -0.1) is 0 Å². The van der Waals surface area contributed by atoms with E-state index < -0.39 is 20.0 Å². The fourth-order valence-corrected chi connectivity index (χ4v) is 4.57. The van der Waals surface area contributed by atoms with Crippen molar-refractivity contribution in [2.75, 3.05) is 10.8 Å². The van der Waals surface area contributed by atoms with Crippen molar-refractivity contribution in [1.29, 1.82) is 0 Å². The van der Waals surface area contributed by atoms with E-state index in [-0.39, 0.29) is 11.4 Å². The Morgan fingerprint density at radius 1 is 1.04 bits per heavy atom. The summed E-state index contributed by atoms with van der Waals surface area (Å²) in [5.74, 6) is 0. The van der Waals surface area contributed by atoms with E-state index in [1.807, 2.05) is 0 Å². The highest BCUT2D eigenvalue weighted by Gasteiger charge is 2.28. The third-order valence-corrected chi connectivity index (χ3v) is 6.48. The molecule has 1 aliphatic heterocycles. The van der Waals surface area contributed by atoms with E-state index in [2.05, 4.69) is 0 Å². The van der Waals surface area contributed by atoms with Crippen LogP contribution < -0.4 is 9.44 Å². The number of primary sulfonamides is 1. The van der Waals surface area contributed by atoms with Crippen LogP contribution in [0.3, 0.4) is 0 Å². The van der Waals surface area contributed by atoms with Crippen LogP contribution in [0.4, 0.5) is 5.69 Å². The zero-order valence-electron chi connectivity index (χ0n) is 13.0. The fourth-order valence-electron chi connectivity index (χ4n) is 2.60. The molecule has 0 saturated heterocycles. The second kappa shape index (κ2) is 6.45. The van der Waals surface area contributed by atoms with Crippen LogP contribution in [0.15, 0.2) is 52.8 Å². The summed E-state index contributed by atoms with van der Waals surface area (Å²) in [4.78, 5) is -0.0257. The predicted octanol–water partition coefficient (Wildman–Crippen LogP) is 2.35. The maximum absolute atomic E-state index is 12.6. The largest absolute Gasteiger partial charge is 0.266 e. The minimum absolute atomic E-state index is 0.0257. The van der Waals surface area contributed by atoms with Crippen LogP contribution in [-0.2, 0) is 26.5 Å². The summed E-state index contributed by atoms with van der Waals surface area (Å²) < 4.78 is 49.3. The molecular weight excluding hydrogens is 384 g/mol. The Bertz CT molecular complexity index is 1050. The van der Waals surface area contributed by atoms with Crippen molar-refractivity contribution in [2.24, 2.45) is 5.14 Å². The van der Waals surface area contributed by atoms with Gasteiger partial charge in [0.25, 0.3) is 10.0 Å². The quantitative estimate of drug-likeness (QED) is 0.854. The van der Waals surface area contributed by atoms with Gasteiger partial charge in [0.2, 0.25) is 10.0 Å². The lowest BCUT2D eigenvalue weighted by Gasteiger charge is -2.17. The molecule has 132 valence electrons. The van der Waals surface area contributed by atoms with Gasteiger partial charge >= 0.3 is 0 Å². The summed E-state index contributed by atoms with van der Waals surface area (Å²) in [5, 5.41) is 6.81. The highest BCUT2D eigenvalue weighted by molar-refractivity contribution is 7.95. The lowest BCUT2D eigenvalue weighted by molar-refractivity contribution is 0.597. The highest BCUT2D eigenvalue weighted by Crippen LogP contribution is 2.32. The first-order valence-corrected chi connectivity index (χ1v) is 10.7. The summed E-state index contributed by atoms with van der Waals surface area (Å²) in [5.41, 5.74) is 1.81. The number of sulfonamides is 2. The maximum Gasteiger partial charge on any atom is 0.257 e. The van der Waals surface area contributed by atoms with Crippen LogP contribution in [-0.4, -0.2) is 23.4 Å². The van der Waals surface area contributed by atoms with Crippen LogP contribution in [0.25, 0.3) is 6.08 Å². The van der Waals surface area contributed by atoms with E-state index in [0.717, 1.165) is 5.41 Å². The zero-order valence-corrected chi connectivity index (χ0v) is 15.4. The number of nitrogens with zero attached hydrogens (tertiary/aromatic N) is 1. The topological polar surface area (TPSA) is 97.5 Å². The summed E-state index contributed by atoms with van der Waals surface area (Å²) >= 11 is 5.80. The summed E-state index contributed by atoms with van der Waals surface area (Å²) in [7, 11) is -7.51. The minimum Gasteiger partial charge on any atom is -0.266 e. The standard InChI is InChI=1S/C16H15ClN2O4S2/c17-14-3-1-12(2-4-14)8-10-24(20,21)19-9-7-13-11-15(25(18,22)23)5-6-16(13)19/h1-6,8,10-11H,7,9H2,(H2,18,22,23)/b10-8+. The number of hydrogen-bond donors (Lipinski definition) is 1. The molecule has 2 aromatic carbocycles. The Hall–Kier alpha value is -1.87. The summed E-state index contributed by atoms with van der Waals surface area (Å²) in [6, 6.07) is 11.0. The molecule has 0 bridgehead atoms. The van der Waals surface area contributed by atoms with E-state index in [1.54, 1.807) is 24.3 Å². The fraction of sp³-hybridized carbons (Fsp3) is 0.125. The number of halogens is 1. The third kappa shape index (κ3) is 3.87. The van der Waals surface area contributed by atoms with Crippen LogP contribution >= 0.6 is 11.6 Å². The van der Waals surface area contributed by atoms with Gasteiger partial charge in [0.05, 0.1) is 16.0 Å². The van der Waals surface area contributed by atoms with E-state index in [1.165, 1.54) is 28.6 Å². The molecule has 1 aliphatic rings. The number of benzene rings is 2. The number of fused-ring (bicyclic) bond motifs is 1. The average Bonchev–Trinajstić information content (AvgIpc) is 2.97. The monoisotopic (exact) mass is 398 g/mol. The molecule has 1 heterocycles. The van der Waals surface area contributed by atoms with E-state index in [9.17, 15) is 16.8 Å². The molecule has 0 saturated carbocycles. The van der Waals surface area contributed by atoms with E-state index in [4.69, 9.17) is 16.7 Å². The SMILES string of the molecule is NS(=O)(=O)c1ccc2c(c1)CCN2S(=O)(=O)/C=C/c1ccc(Cl)cc1. The van der Waals surface area contributed by atoms with Gasteiger partial charge in [0.1, 0.15) is 0 Å². The average molecular weight is 399 g/mol. The van der Waals surface area contributed by atoms with Crippen molar-refractivity contribution < 1.29 is 16.8 Å². The van der Waals surface area contributed by atoms with Crippen molar-refractivity contribution in [3.05, 3.63) is 64.0 Å². The van der Waals surface area contributed by atoms with Crippen LogP contribution in [0.5, 0.6) is 0 Å². The molecule has 0 aromatic heterocycles. The molecule has 25 heavy (non-hydrogen) atoms. The molecule has 0 amide bonds. The molecule has 0 fully saturated rings. The molecule has 0 aliphatic carbocycles. The van der Waals surface area contributed by atoms with Crippen molar-refractivity contribution in [3.63, 3.8) is 0 Å². The first-order chi connectivity index (χ1) is 11.7. The lowest BCUT2D eigenvalue weighted by atomic mass is 10.2. The second-order valence-electron chi connectivity index (χ2n) is 5.56. The first kappa shape index (κ1) is 17.9. The summed E-state index contributed by atoms with van der Waals surface area (Å²) in [6.45, 7) is 0.247. The van der Waals surface area contributed by atoms with E-state index in [0.29, 0.717) is 28.3 Å². The van der Waals surface area contributed by atoms with E-state index >= 15 is 0 Å². The van der Waals surface area contributed by atoms with Gasteiger partial charge in [-0.05, 0) is 54.0 Å². The van der Waals surface area contributed by atoms with Gasteiger partial charge in [-0.25, -0.2) is 22.0 Å². The van der Waals surface area contributed by atoms with Crippen molar-refractivity contribution in [2.45, 2.75) is 11.3 Å². The minimum atomic E-state index is -3.82.